The number of hydrogen-bond donors (Lipinski definition) is 4. The number of thioether (sulfide) groups is 4. The molecule has 30 heteroatoms. The molecule has 0 amide bonds. The van der Waals surface area contributed by atoms with E-state index in [0.717, 1.165) is 56.4 Å². The fourth-order valence-corrected chi connectivity index (χ4v) is 15.4. The Morgan fingerprint density at radius 1 is 0.359 bits per heavy atom. The van der Waals surface area contributed by atoms with E-state index >= 15 is 0 Å². The Hall–Kier alpha value is -12.0. The van der Waals surface area contributed by atoms with E-state index in [4.69, 9.17) is 28.7 Å². The van der Waals surface area contributed by atoms with Gasteiger partial charge in [-0.15, -0.1) is 11.3 Å². The van der Waals surface area contributed by atoms with Gasteiger partial charge in [0.05, 0.1) is 12.0 Å². The van der Waals surface area contributed by atoms with Gasteiger partial charge in [-0.25, -0.2) is 57.9 Å². The zero-order valence-corrected chi connectivity index (χ0v) is 70.9. The van der Waals surface area contributed by atoms with Crippen LogP contribution in [0.4, 0.5) is 0 Å². The maximum atomic E-state index is 11.9. The van der Waals surface area contributed by atoms with Gasteiger partial charge in [-0.2, -0.15) is 0 Å². The highest BCUT2D eigenvalue weighted by Gasteiger charge is 2.21. The maximum absolute atomic E-state index is 11.9. The highest BCUT2D eigenvalue weighted by molar-refractivity contribution is 7.99. The Labute approximate surface area is 695 Å². The molecule has 0 aliphatic carbocycles. The van der Waals surface area contributed by atoms with Crippen molar-refractivity contribution in [3.05, 3.63) is 286 Å². The highest BCUT2D eigenvalue weighted by Crippen LogP contribution is 2.34. The Balaban J connectivity index is 0.000000136. The number of rotatable bonds is 22. The van der Waals surface area contributed by atoms with Crippen molar-refractivity contribution in [2.75, 3.05) is 30.9 Å². The average molecular weight is 1660 g/mol. The standard InChI is InChI=1S/C24H26N4O2S.C23H24N4O3S.C22H22N4O2S.C18H16N4O2S2/c1-5-16-6-12-19(13-7-16)30-15-31-23-26-22(25-20-14-21(29)27-28(20)23)17-8-10-18(11-9-17)24(2,3)4;1-23(2,3)16-11-9-15(10-12-16)21-24-19-13-20(28)26-27(19)22(25-21)31-14-30-18-8-6-5-7-17(18)29-4;1-22(2,3)16-11-9-15(10-12-16)20-23-18-13-19(27)25-26(18)21(24-20)29-14-28-17-7-5-4-6-8-17;1-11-6-12(2)8-13(7-11)24-10-26-18-20-17(14-4-3-5-25-14)19-15-9-16(23)21-22(15)18/h6-14H,5,15H2,1-4H3,(H,27,29);5-13H,14H2,1-4H3,(H,26,28);4-13H,14H2,1-3H3,(H,25,27);3-9H,10H2,1-2H3,(H,21,23). The van der Waals surface area contributed by atoms with Gasteiger partial charge in [-0.3, -0.25) is 39.6 Å². The summed E-state index contributed by atoms with van der Waals surface area (Å²) < 4.78 is 35.0. The van der Waals surface area contributed by atoms with Crippen LogP contribution in [-0.4, -0.2) is 109 Å². The third-order valence-electron chi connectivity index (χ3n) is 18.0. The molecule has 0 saturated heterocycles. The number of hydrogen-bond acceptors (Lipinski definition) is 22. The van der Waals surface area contributed by atoms with Crippen molar-refractivity contribution in [2.45, 2.75) is 126 Å². The lowest BCUT2D eigenvalue weighted by molar-refractivity contribution is 0.344. The predicted molar refractivity (Wildman–Crippen MR) is 467 cm³/mol. The minimum absolute atomic E-state index is 0.0636. The van der Waals surface area contributed by atoms with Gasteiger partial charge in [0, 0.05) is 41.0 Å². The third-order valence-corrected chi connectivity index (χ3v) is 22.0. The van der Waals surface area contributed by atoms with E-state index in [-0.39, 0.29) is 44.4 Å². The molecule has 0 bridgehead atoms. The zero-order valence-electron chi connectivity index (χ0n) is 66.8. The third kappa shape index (κ3) is 21.6. The average Bonchev–Trinajstić information content (AvgIpc) is 1.69. The molecule has 0 atom stereocenters. The summed E-state index contributed by atoms with van der Waals surface area (Å²) >= 11 is 7.12. The van der Waals surface area contributed by atoms with Gasteiger partial charge in [-0.05, 0) is 177 Å². The van der Waals surface area contributed by atoms with Gasteiger partial charge >= 0.3 is 0 Å². The number of aryl methyl sites for hydroxylation is 3. The van der Waals surface area contributed by atoms with Crippen LogP contribution in [0.3, 0.4) is 0 Å². The molecule has 9 heterocycles. The first kappa shape index (κ1) is 83.0. The van der Waals surface area contributed by atoms with E-state index in [1.165, 1.54) is 93.6 Å². The van der Waals surface area contributed by atoms with Crippen LogP contribution < -0.4 is 45.9 Å². The zero-order chi connectivity index (χ0) is 82.5. The summed E-state index contributed by atoms with van der Waals surface area (Å²) in [5, 5.41) is 15.4. The Morgan fingerprint density at radius 3 is 1.06 bits per heavy atom. The predicted octanol–water partition coefficient (Wildman–Crippen LogP) is 18.0. The Kier molecular flexibility index (Phi) is 26.2. The van der Waals surface area contributed by atoms with E-state index in [2.05, 4.69) is 179 Å². The van der Waals surface area contributed by atoms with Gasteiger partial charge in [0.25, 0.3) is 22.2 Å². The lowest BCUT2D eigenvalue weighted by Gasteiger charge is -2.19. The van der Waals surface area contributed by atoms with Gasteiger partial charge in [-0.1, -0.05) is 197 Å². The first-order valence-corrected chi connectivity index (χ1v) is 42.2. The second kappa shape index (κ2) is 36.9. The fraction of sp³-hybridized carbons (Fsp3) is 0.241. The highest BCUT2D eigenvalue weighted by atomic mass is 32.2. The molecule has 0 fully saturated rings. The molecule has 4 N–H and O–H groups in total. The van der Waals surface area contributed by atoms with Crippen LogP contribution >= 0.6 is 58.4 Å². The number of aromatic amines is 4. The van der Waals surface area contributed by atoms with Crippen LogP contribution in [0.2, 0.25) is 0 Å². The number of nitrogens with one attached hydrogen (secondary N) is 4. The molecule has 0 unspecified atom stereocenters. The van der Waals surface area contributed by atoms with Crippen molar-refractivity contribution in [3.63, 3.8) is 0 Å². The first-order valence-electron chi connectivity index (χ1n) is 37.4. The van der Waals surface area contributed by atoms with E-state index in [0.29, 0.717) is 95.8 Å². The number of aromatic nitrogens is 16. The molecule has 0 aliphatic rings. The molecule has 7 aromatic carbocycles. The van der Waals surface area contributed by atoms with Crippen LogP contribution in [0, 0.1) is 13.8 Å². The minimum Gasteiger partial charge on any atom is -0.493 e. The molecule has 9 aromatic heterocycles. The molecule has 0 saturated carbocycles. The van der Waals surface area contributed by atoms with Crippen LogP contribution in [0.25, 0.3) is 67.5 Å². The second-order valence-electron chi connectivity index (χ2n) is 29.9. The molecule has 16 aromatic rings. The summed E-state index contributed by atoms with van der Waals surface area (Å²) in [6.45, 7) is 25.8. The van der Waals surface area contributed by atoms with Crippen molar-refractivity contribution < 1.29 is 23.7 Å². The number of methoxy groups -OCH3 is 1. The fourth-order valence-electron chi connectivity index (χ4n) is 11.9. The number of fused-ring (bicyclic) bond motifs is 4. The molecule has 16 rings (SSSR count). The van der Waals surface area contributed by atoms with Crippen molar-refractivity contribution >= 4 is 81.0 Å². The monoisotopic (exact) mass is 1660 g/mol. The first-order chi connectivity index (χ1) is 56.2. The number of nitrogens with zero attached hydrogens (tertiary/aromatic N) is 12. The molecule has 25 nitrogen and oxygen atoms in total. The van der Waals surface area contributed by atoms with Crippen molar-refractivity contribution in [1.82, 2.24) is 78.3 Å². The molecule has 0 radical (unpaired) electrons. The number of thiophene rings is 1. The van der Waals surface area contributed by atoms with E-state index in [1.54, 1.807) is 36.5 Å². The minimum atomic E-state index is -0.234. The molecular weight excluding hydrogens is 1570 g/mol. The topological polar surface area (TPSA) is 298 Å². The number of benzene rings is 7. The molecule has 0 aliphatic heterocycles. The van der Waals surface area contributed by atoms with Gasteiger partial charge in [0.2, 0.25) is 0 Å². The summed E-state index contributed by atoms with van der Waals surface area (Å²) in [5.41, 5.74) is 11.4. The lowest BCUT2D eigenvalue weighted by atomic mass is 9.86. The van der Waals surface area contributed by atoms with Crippen LogP contribution in [0.1, 0.15) is 103 Å². The van der Waals surface area contributed by atoms with Crippen molar-refractivity contribution in [3.8, 4) is 73.6 Å². The van der Waals surface area contributed by atoms with Crippen LogP contribution in [0.15, 0.2) is 251 Å². The summed E-state index contributed by atoms with van der Waals surface area (Å²) in [6, 6.07) is 65.6. The smallest absolute Gasteiger partial charge is 0.266 e. The van der Waals surface area contributed by atoms with Gasteiger partial charge in [0.15, 0.2) is 78.0 Å². The van der Waals surface area contributed by atoms with E-state index < -0.39 is 0 Å². The number of H-pyrrole nitrogens is 4. The largest absolute Gasteiger partial charge is 0.493 e. The quantitative estimate of drug-likeness (QED) is 0.0362. The maximum Gasteiger partial charge on any atom is 0.266 e. The molecule has 117 heavy (non-hydrogen) atoms. The second-order valence-corrected chi connectivity index (χ2v) is 34.5. The number of para-hydroxylation sites is 3. The van der Waals surface area contributed by atoms with E-state index in [1.807, 2.05) is 147 Å². The van der Waals surface area contributed by atoms with E-state index in [9.17, 15) is 19.2 Å². The van der Waals surface area contributed by atoms with Crippen molar-refractivity contribution in [2.24, 2.45) is 0 Å². The van der Waals surface area contributed by atoms with Crippen molar-refractivity contribution in [1.29, 1.82) is 0 Å². The summed E-state index contributed by atoms with van der Waals surface area (Å²) in [4.78, 5) is 85.2. The summed E-state index contributed by atoms with van der Waals surface area (Å²) in [7, 11) is 1.60. The molecular formula is C87H88N16O9S5. The molecule has 0 spiro atoms. The van der Waals surface area contributed by atoms with Gasteiger partial charge in [0.1, 0.15) is 41.0 Å². The summed E-state index contributed by atoms with van der Waals surface area (Å²) in [5.74, 6) is 7.39. The summed E-state index contributed by atoms with van der Waals surface area (Å²) in [6.07, 6.45) is 0.994. The lowest BCUT2D eigenvalue weighted by Crippen LogP contribution is -2.10. The normalized spacial score (nSPS) is 11.6. The Morgan fingerprint density at radius 2 is 0.701 bits per heavy atom. The van der Waals surface area contributed by atoms with Crippen LogP contribution in [-0.2, 0) is 22.7 Å². The SMILES string of the molecule is CC(C)(C)c1ccc(-c2nc(SCOc3ccccc3)n3[nH]c(=O)cc3n2)cc1.CCc1ccc(OCSc2nc(-c3ccc(C(C)(C)C)cc3)nc3cc(=O)[nH]n23)cc1.COc1ccccc1OCSc1nc(-c2ccc(C(C)(C)C)cc2)nc2cc(=O)[nH]n12.Cc1cc(C)cc(OCSc2nc(-c3cccs3)nc3cc(=O)[nH]n23)c1. The van der Waals surface area contributed by atoms with Crippen LogP contribution in [0.5, 0.6) is 28.7 Å². The Bertz CT molecular complexity index is 6300. The van der Waals surface area contributed by atoms with Gasteiger partial charge < -0.3 is 23.7 Å². The number of ether oxygens (including phenoxy) is 5. The molecule has 600 valence electrons.